The molecule has 1 aromatic rings. The van der Waals surface area contributed by atoms with Gasteiger partial charge in [0.25, 0.3) is 5.79 Å². The van der Waals surface area contributed by atoms with E-state index in [0.717, 1.165) is 35.4 Å². The van der Waals surface area contributed by atoms with E-state index in [1.54, 1.807) is 0 Å². The van der Waals surface area contributed by atoms with Crippen molar-refractivity contribution in [3.8, 4) is 11.5 Å². The van der Waals surface area contributed by atoms with E-state index in [1.165, 1.54) is 0 Å². The van der Waals surface area contributed by atoms with Gasteiger partial charge in [-0.05, 0) is 32.2 Å². The second-order valence-electron chi connectivity index (χ2n) is 4.51. The van der Waals surface area contributed by atoms with Crippen LogP contribution in [0.1, 0.15) is 19.8 Å². The van der Waals surface area contributed by atoms with Gasteiger partial charge in [-0.3, -0.25) is 0 Å². The zero-order valence-electron chi connectivity index (χ0n) is 12.5. The third-order valence-corrected chi connectivity index (χ3v) is 3.58. The number of carbonyl (C=O) groups is 1. The number of hydrogen-bond acceptors (Lipinski definition) is 5. The van der Waals surface area contributed by atoms with Crippen molar-refractivity contribution in [2.75, 3.05) is 26.8 Å². The first kappa shape index (κ1) is 17.9. The maximum atomic E-state index is 8.00. The summed E-state index contributed by atoms with van der Waals surface area (Å²) in [7, 11) is 1.93. The predicted molar refractivity (Wildman–Crippen MR) is 84.9 cm³/mol. The van der Waals surface area contributed by atoms with E-state index in [4.69, 9.17) is 19.0 Å². The fraction of sp³-hybridized carbons (Fsp3) is 0.533. The average Bonchev–Trinajstić information content (AvgIpc) is 2.85. The Bertz CT molecular complexity index is 444. The van der Waals surface area contributed by atoms with E-state index < -0.39 is 5.79 Å². The Hall–Kier alpha value is -1.11. The van der Waals surface area contributed by atoms with Crippen molar-refractivity contribution in [1.82, 2.24) is 5.32 Å². The maximum Gasteiger partial charge on any atom is 0.255 e. The van der Waals surface area contributed by atoms with E-state index in [2.05, 4.69) is 21.2 Å². The lowest BCUT2D eigenvalue weighted by atomic mass is 10.1. The smallest absolute Gasteiger partial charge is 0.255 e. The third-order valence-electron chi connectivity index (χ3n) is 3.09. The third kappa shape index (κ3) is 4.98. The molecule has 0 aliphatic carbocycles. The Morgan fingerprint density at radius 2 is 2.00 bits per heavy atom. The molecule has 0 radical (unpaired) electrons. The molecule has 1 aliphatic rings. The Morgan fingerprint density at radius 1 is 1.29 bits per heavy atom. The van der Waals surface area contributed by atoms with Crippen LogP contribution in [0.15, 0.2) is 22.7 Å². The van der Waals surface area contributed by atoms with Crippen molar-refractivity contribution in [1.29, 1.82) is 0 Å². The van der Waals surface area contributed by atoms with Crippen molar-refractivity contribution >= 4 is 22.7 Å². The molecule has 6 heteroatoms. The molecule has 0 saturated carbocycles. The summed E-state index contributed by atoms with van der Waals surface area (Å²) >= 11 is 3.45. The summed E-state index contributed by atoms with van der Waals surface area (Å²) in [4.78, 5) is 8.00. The summed E-state index contributed by atoms with van der Waals surface area (Å²) in [6.45, 7) is 6.17. The Balaban J connectivity index is 0.00000106. The summed E-state index contributed by atoms with van der Waals surface area (Å²) in [6.07, 6.45) is 1.50. The van der Waals surface area contributed by atoms with E-state index in [-0.39, 0.29) is 0 Å². The highest BCUT2D eigenvalue weighted by Gasteiger charge is 2.40. The molecule has 1 heterocycles. The SMILES string of the molecule is C=O.CCOCCC1(CCNC)Oc2ccc(Br)cc2O1. The van der Waals surface area contributed by atoms with Crippen LogP contribution in [0.3, 0.4) is 0 Å². The van der Waals surface area contributed by atoms with Crippen molar-refractivity contribution < 1.29 is 19.0 Å². The highest BCUT2D eigenvalue weighted by molar-refractivity contribution is 9.10. The largest absolute Gasteiger partial charge is 0.448 e. The molecule has 1 atom stereocenters. The standard InChI is InChI=1S/C14H20BrNO3.CH2O/c1-3-17-9-7-14(6-8-16-2)18-12-5-4-11(15)10-13(12)19-14;1-2/h4-5,10,16H,3,6-9H2,1-2H3;1H2. The maximum absolute atomic E-state index is 8.00. The van der Waals surface area contributed by atoms with Crippen molar-refractivity contribution in [2.45, 2.75) is 25.6 Å². The van der Waals surface area contributed by atoms with E-state index in [9.17, 15) is 0 Å². The minimum atomic E-state index is -0.610. The van der Waals surface area contributed by atoms with Gasteiger partial charge < -0.3 is 24.3 Å². The second kappa shape index (κ2) is 9.02. The minimum absolute atomic E-state index is 0.610. The average molecular weight is 360 g/mol. The number of nitrogens with one attached hydrogen (secondary N) is 1. The van der Waals surface area contributed by atoms with Gasteiger partial charge in [0.1, 0.15) is 6.79 Å². The molecule has 0 amide bonds. The molecule has 0 fully saturated rings. The number of fused-ring (bicyclic) bond motifs is 1. The van der Waals surface area contributed by atoms with Gasteiger partial charge in [-0.1, -0.05) is 15.9 Å². The summed E-state index contributed by atoms with van der Waals surface area (Å²) in [6, 6.07) is 5.83. The topological polar surface area (TPSA) is 56.8 Å². The van der Waals surface area contributed by atoms with Crippen molar-refractivity contribution in [3.05, 3.63) is 22.7 Å². The van der Waals surface area contributed by atoms with Crippen LogP contribution in [0.5, 0.6) is 11.5 Å². The summed E-state index contributed by atoms with van der Waals surface area (Å²) in [5.41, 5.74) is 0. The molecule has 21 heavy (non-hydrogen) atoms. The summed E-state index contributed by atoms with van der Waals surface area (Å²) in [5.74, 6) is 0.985. The van der Waals surface area contributed by atoms with Gasteiger partial charge in [0, 0.05) is 30.5 Å². The molecule has 0 bridgehead atoms. The molecule has 1 aromatic carbocycles. The predicted octanol–water partition coefficient (Wildman–Crippen LogP) is 2.77. The second-order valence-corrected chi connectivity index (χ2v) is 5.42. The van der Waals surface area contributed by atoms with Crippen LogP contribution in [0.25, 0.3) is 0 Å². The minimum Gasteiger partial charge on any atom is -0.448 e. The van der Waals surface area contributed by atoms with E-state index in [1.807, 2.05) is 39.0 Å². The molecule has 2 rings (SSSR count). The number of benzene rings is 1. The lowest BCUT2D eigenvalue weighted by molar-refractivity contribution is -0.104. The van der Waals surface area contributed by atoms with Crippen molar-refractivity contribution in [3.63, 3.8) is 0 Å². The van der Waals surface area contributed by atoms with Gasteiger partial charge in [0.15, 0.2) is 11.5 Å². The first-order chi connectivity index (χ1) is 10.2. The van der Waals surface area contributed by atoms with Gasteiger partial charge >= 0.3 is 0 Å². The van der Waals surface area contributed by atoms with Crippen LogP contribution in [0, 0.1) is 0 Å². The van der Waals surface area contributed by atoms with Crippen LogP contribution in [0.4, 0.5) is 0 Å². The Kier molecular flexibility index (Phi) is 7.71. The molecular weight excluding hydrogens is 338 g/mol. The lowest BCUT2D eigenvalue weighted by Gasteiger charge is -2.27. The van der Waals surface area contributed by atoms with E-state index in [0.29, 0.717) is 13.2 Å². The molecule has 0 saturated heterocycles. The van der Waals surface area contributed by atoms with Crippen LogP contribution in [-0.2, 0) is 9.53 Å². The molecule has 118 valence electrons. The van der Waals surface area contributed by atoms with Crippen LogP contribution in [0.2, 0.25) is 0 Å². The molecule has 1 unspecified atom stereocenters. The zero-order chi connectivity index (χ0) is 15.7. The summed E-state index contributed by atoms with van der Waals surface area (Å²) < 4.78 is 18.5. The Labute approximate surface area is 134 Å². The highest BCUT2D eigenvalue weighted by Crippen LogP contribution is 2.43. The number of rotatable bonds is 7. The van der Waals surface area contributed by atoms with Crippen LogP contribution in [-0.4, -0.2) is 39.4 Å². The summed E-state index contributed by atoms with van der Waals surface area (Å²) in [5, 5.41) is 3.14. The van der Waals surface area contributed by atoms with Gasteiger partial charge in [0.2, 0.25) is 0 Å². The zero-order valence-corrected chi connectivity index (χ0v) is 14.1. The number of carbonyl (C=O) groups excluding carboxylic acids is 1. The molecule has 0 spiro atoms. The van der Waals surface area contributed by atoms with Gasteiger partial charge in [-0.15, -0.1) is 0 Å². The number of hydrogen-bond donors (Lipinski definition) is 1. The van der Waals surface area contributed by atoms with E-state index >= 15 is 0 Å². The van der Waals surface area contributed by atoms with Crippen LogP contribution >= 0.6 is 15.9 Å². The number of ether oxygens (including phenoxy) is 3. The molecule has 1 aliphatic heterocycles. The van der Waals surface area contributed by atoms with Gasteiger partial charge in [0.05, 0.1) is 6.61 Å². The molecule has 5 nitrogen and oxygen atoms in total. The first-order valence-electron chi connectivity index (χ1n) is 6.88. The first-order valence-corrected chi connectivity index (χ1v) is 7.67. The Morgan fingerprint density at radius 3 is 2.67 bits per heavy atom. The fourth-order valence-electron chi connectivity index (χ4n) is 2.08. The van der Waals surface area contributed by atoms with Gasteiger partial charge in [-0.2, -0.15) is 0 Å². The van der Waals surface area contributed by atoms with Crippen molar-refractivity contribution in [2.24, 2.45) is 0 Å². The molecule has 1 N–H and O–H groups in total. The quantitative estimate of drug-likeness (QED) is 0.758. The normalized spacial score (nSPS) is 19.0. The molecular formula is C15H22BrNO4. The monoisotopic (exact) mass is 359 g/mol. The number of halogens is 1. The fourth-order valence-corrected chi connectivity index (χ4v) is 2.42. The van der Waals surface area contributed by atoms with Crippen LogP contribution < -0.4 is 14.8 Å². The highest BCUT2D eigenvalue weighted by atomic mass is 79.9. The molecule has 0 aromatic heterocycles. The lowest BCUT2D eigenvalue weighted by Crippen LogP contribution is -2.42. The van der Waals surface area contributed by atoms with Gasteiger partial charge in [-0.25, -0.2) is 0 Å².